The van der Waals surface area contributed by atoms with Gasteiger partial charge in [0.1, 0.15) is 29.9 Å². The Hall–Kier alpha value is -4.51. The topological polar surface area (TPSA) is 210 Å². The number of nitrogen functional groups attached to an aromatic ring is 1. The van der Waals surface area contributed by atoms with Crippen molar-refractivity contribution in [3.8, 4) is 11.4 Å². The van der Waals surface area contributed by atoms with E-state index in [0.29, 0.717) is 16.9 Å². The molecule has 196 valence electrons. The molecule has 0 spiro atoms. The van der Waals surface area contributed by atoms with Gasteiger partial charge < -0.3 is 21.0 Å². The first-order valence-corrected chi connectivity index (χ1v) is 12.8. The Morgan fingerprint density at radius 3 is 2.76 bits per heavy atom. The summed E-state index contributed by atoms with van der Waals surface area (Å²) >= 11 is 2.45. The molecular formula is C21H19N8O7S2+. The van der Waals surface area contributed by atoms with Crippen molar-refractivity contribution in [1.82, 2.24) is 25.3 Å². The summed E-state index contributed by atoms with van der Waals surface area (Å²) in [6, 6.07) is 2.41. The lowest BCUT2D eigenvalue weighted by Crippen LogP contribution is -2.71. The normalized spacial score (nSPS) is 19.1. The minimum atomic E-state index is -1.25. The van der Waals surface area contributed by atoms with Gasteiger partial charge in [-0.15, -0.1) is 23.1 Å². The molecule has 5 N–H and O–H groups in total. The summed E-state index contributed by atoms with van der Waals surface area (Å²) in [5.74, 6) is -2.61. The van der Waals surface area contributed by atoms with Crippen molar-refractivity contribution < 1.29 is 33.4 Å². The van der Waals surface area contributed by atoms with Crippen LogP contribution in [0.3, 0.4) is 0 Å². The lowest BCUT2D eigenvalue weighted by atomic mass is 10.0. The molecule has 1 saturated heterocycles. The third-order valence-corrected chi connectivity index (χ3v) is 7.69. The molecule has 2 aliphatic heterocycles. The maximum Gasteiger partial charge on any atom is 0.439 e. The number of nitrogens with two attached hydrogens (primary N) is 1. The van der Waals surface area contributed by atoms with Crippen LogP contribution in [-0.2, 0) is 25.8 Å². The summed E-state index contributed by atoms with van der Waals surface area (Å²) in [7, 11) is 1.27. The Labute approximate surface area is 221 Å². The third kappa shape index (κ3) is 4.63. The zero-order chi connectivity index (χ0) is 27.0. The Morgan fingerprint density at radius 1 is 1.39 bits per heavy atom. The smallest absolute Gasteiger partial charge is 0.439 e. The summed E-state index contributed by atoms with van der Waals surface area (Å²) in [5, 5.41) is 21.0. The molecule has 2 amide bonds. The Morgan fingerprint density at radius 2 is 2.16 bits per heavy atom. The van der Waals surface area contributed by atoms with Gasteiger partial charge in [0.25, 0.3) is 11.8 Å². The fraction of sp³-hybridized carbons (Fsp3) is 0.238. The number of carboxylic acid groups (broad SMARTS) is 1. The highest BCUT2D eigenvalue weighted by Crippen LogP contribution is 2.40. The van der Waals surface area contributed by atoms with Gasteiger partial charge >= 0.3 is 11.7 Å². The number of oxime groups is 1. The second-order valence-corrected chi connectivity index (χ2v) is 10.0. The molecule has 5 heterocycles. The number of aromatic nitrogens is 4. The largest absolute Gasteiger partial charge is 0.477 e. The number of nitrogens with one attached hydrogen (secondary N) is 2. The number of amides is 2. The number of pyridine rings is 1. The number of aliphatic carboxylic acids is 1. The van der Waals surface area contributed by atoms with Gasteiger partial charge in [0.05, 0.1) is 0 Å². The monoisotopic (exact) mass is 559 g/mol. The van der Waals surface area contributed by atoms with E-state index >= 15 is 0 Å². The lowest BCUT2D eigenvalue weighted by molar-refractivity contribution is -0.689. The van der Waals surface area contributed by atoms with E-state index in [1.54, 1.807) is 29.1 Å². The van der Waals surface area contributed by atoms with Gasteiger partial charge in [0.15, 0.2) is 35.6 Å². The van der Waals surface area contributed by atoms with E-state index in [0.717, 1.165) is 11.3 Å². The van der Waals surface area contributed by atoms with Crippen LogP contribution in [0.25, 0.3) is 11.4 Å². The van der Waals surface area contributed by atoms with Crippen molar-refractivity contribution in [2.45, 2.75) is 18.0 Å². The molecule has 2 aliphatic rings. The number of anilines is 1. The standard InChI is InChI=1S/C21H18N8O7S2/c1-35-26-12(11-8-38-20(22)23-11)16(30)24-13-17(31)29-14(19(32)33)10(7-37-18(13)29)6-28-4-2-9(3-5-28)15-25-21(34)36-27-15/h2-5,8,13,18H,6-7H2,1H3,(H4-,22,23,24,25,27,30,32,33,34)/p+1/b26-12-/t13-,18+/m1/s1. The molecular weight excluding hydrogens is 540 g/mol. The maximum atomic E-state index is 13.0. The molecule has 0 aromatic carbocycles. The highest BCUT2D eigenvalue weighted by molar-refractivity contribution is 8.00. The van der Waals surface area contributed by atoms with Gasteiger partial charge in [-0.25, -0.2) is 19.1 Å². The van der Waals surface area contributed by atoms with Crippen LogP contribution < -0.4 is 21.4 Å². The summed E-state index contributed by atoms with van der Waals surface area (Å²) in [5.41, 5.74) is 6.67. The van der Waals surface area contributed by atoms with Crippen LogP contribution in [-0.4, -0.2) is 72.9 Å². The fourth-order valence-electron chi connectivity index (χ4n) is 4.00. The summed E-state index contributed by atoms with van der Waals surface area (Å²) in [6.45, 7) is 0.202. The molecule has 0 saturated carbocycles. The number of nitrogens with zero attached hydrogens (tertiary/aromatic N) is 5. The van der Waals surface area contributed by atoms with Crippen molar-refractivity contribution in [3.63, 3.8) is 0 Å². The second kappa shape index (κ2) is 10.1. The number of carboxylic acids is 1. The summed E-state index contributed by atoms with van der Waals surface area (Å²) in [4.78, 5) is 61.6. The molecule has 1 fully saturated rings. The number of carbonyl (C=O) groups excluding carboxylic acids is 2. The van der Waals surface area contributed by atoms with Crippen molar-refractivity contribution in [2.75, 3.05) is 18.6 Å². The Balaban J connectivity index is 1.32. The van der Waals surface area contributed by atoms with Crippen molar-refractivity contribution in [3.05, 3.63) is 57.4 Å². The molecule has 0 unspecified atom stereocenters. The minimum Gasteiger partial charge on any atom is -0.477 e. The van der Waals surface area contributed by atoms with Gasteiger partial charge in [-0.2, -0.15) is 0 Å². The van der Waals surface area contributed by atoms with E-state index in [1.807, 2.05) is 0 Å². The summed E-state index contributed by atoms with van der Waals surface area (Å²) < 4.78 is 6.24. The van der Waals surface area contributed by atoms with Crippen molar-refractivity contribution in [2.24, 2.45) is 5.16 Å². The molecule has 3 aromatic rings. The molecule has 0 bridgehead atoms. The molecule has 17 heteroatoms. The van der Waals surface area contributed by atoms with Crippen LogP contribution in [0.4, 0.5) is 5.13 Å². The maximum absolute atomic E-state index is 13.0. The number of aromatic amines is 1. The average molecular weight is 560 g/mol. The number of rotatable bonds is 8. The third-order valence-electron chi connectivity index (χ3n) is 5.68. The predicted molar refractivity (Wildman–Crippen MR) is 133 cm³/mol. The number of hydrogen-bond donors (Lipinski definition) is 4. The number of β-lactam (4-membered cyclic amide) rings is 1. The Kier molecular flexibility index (Phi) is 6.68. The number of thioether (sulfide) groups is 1. The number of H-pyrrole nitrogens is 1. The highest BCUT2D eigenvalue weighted by atomic mass is 32.2. The quantitative estimate of drug-likeness (QED) is 0.115. The van der Waals surface area contributed by atoms with E-state index < -0.39 is 35.0 Å². The second-order valence-electron chi connectivity index (χ2n) is 8.01. The SMILES string of the molecule is CO/N=C(\C(=O)N[C@@H]1C(=O)N2C(C(=O)O)=C(C[n+]3ccc(-c4noc(=O)[nH]4)cc3)CS[C@@H]12)c1csc(N)n1. The predicted octanol–water partition coefficient (Wildman–Crippen LogP) is -0.855. The number of thiazole rings is 1. The zero-order valence-corrected chi connectivity index (χ0v) is 21.1. The molecule has 5 rings (SSSR count). The molecule has 15 nitrogen and oxygen atoms in total. The van der Waals surface area contributed by atoms with Crippen LogP contribution in [0.1, 0.15) is 5.69 Å². The van der Waals surface area contributed by atoms with Crippen LogP contribution >= 0.6 is 23.1 Å². The van der Waals surface area contributed by atoms with Gasteiger partial charge in [0.2, 0.25) is 0 Å². The molecule has 38 heavy (non-hydrogen) atoms. The lowest BCUT2D eigenvalue weighted by Gasteiger charge is -2.49. The van der Waals surface area contributed by atoms with Crippen LogP contribution in [0.5, 0.6) is 0 Å². The van der Waals surface area contributed by atoms with E-state index in [2.05, 4.69) is 30.1 Å². The van der Waals surface area contributed by atoms with Crippen molar-refractivity contribution in [1.29, 1.82) is 0 Å². The van der Waals surface area contributed by atoms with Gasteiger partial charge in [-0.1, -0.05) is 10.3 Å². The fourth-order valence-corrected chi connectivity index (χ4v) is 5.88. The minimum absolute atomic E-state index is 0.125. The van der Waals surface area contributed by atoms with Crippen molar-refractivity contribution >= 4 is 51.7 Å². The van der Waals surface area contributed by atoms with E-state index in [4.69, 9.17) is 10.6 Å². The molecule has 0 aliphatic carbocycles. The zero-order valence-electron chi connectivity index (χ0n) is 19.5. The van der Waals surface area contributed by atoms with Gasteiger partial charge in [0, 0.05) is 34.4 Å². The average Bonchev–Trinajstić information content (AvgIpc) is 3.53. The van der Waals surface area contributed by atoms with E-state index in [-0.39, 0.29) is 34.6 Å². The Bertz CT molecular complexity index is 1540. The summed E-state index contributed by atoms with van der Waals surface area (Å²) in [6.07, 6.45) is 3.38. The van der Waals surface area contributed by atoms with E-state index in [1.165, 1.54) is 29.2 Å². The first-order chi connectivity index (χ1) is 18.3. The van der Waals surface area contributed by atoms with E-state index in [9.17, 15) is 24.3 Å². The first kappa shape index (κ1) is 25.2. The first-order valence-electron chi connectivity index (χ1n) is 10.9. The molecule has 3 aromatic heterocycles. The molecule has 0 radical (unpaired) electrons. The van der Waals surface area contributed by atoms with Crippen LogP contribution in [0.15, 0.2) is 55.6 Å². The van der Waals surface area contributed by atoms with Gasteiger partial charge in [-0.05, 0) is 0 Å². The van der Waals surface area contributed by atoms with Crippen LogP contribution in [0.2, 0.25) is 0 Å². The number of carbonyl (C=O) groups is 3. The van der Waals surface area contributed by atoms with Gasteiger partial charge in [-0.3, -0.25) is 24.0 Å². The number of hydrogen-bond acceptors (Lipinski definition) is 12. The highest BCUT2D eigenvalue weighted by Gasteiger charge is 2.54. The van der Waals surface area contributed by atoms with Crippen LogP contribution in [0, 0.1) is 0 Å². The molecule has 2 atom stereocenters. The number of fused-ring (bicyclic) bond motifs is 1.